The molecule has 2 aromatic rings. The first-order chi connectivity index (χ1) is 9.63. The van der Waals surface area contributed by atoms with Crippen molar-refractivity contribution in [2.75, 3.05) is 18.5 Å². The van der Waals surface area contributed by atoms with Gasteiger partial charge in [-0.1, -0.05) is 32.0 Å². The van der Waals surface area contributed by atoms with Gasteiger partial charge in [-0.3, -0.25) is 0 Å². The zero-order valence-electron chi connectivity index (χ0n) is 12.0. The third kappa shape index (κ3) is 3.04. The molecule has 5 heteroatoms. The van der Waals surface area contributed by atoms with Crippen molar-refractivity contribution in [2.45, 2.75) is 20.8 Å². The van der Waals surface area contributed by atoms with Gasteiger partial charge in [0.05, 0.1) is 17.8 Å². The Bertz CT molecular complexity index is 611. The van der Waals surface area contributed by atoms with Gasteiger partial charge in [0.15, 0.2) is 5.69 Å². The molecular formula is C15H19N3O2. The van der Waals surface area contributed by atoms with Crippen LogP contribution in [-0.2, 0) is 4.74 Å². The lowest BCUT2D eigenvalue weighted by Crippen LogP contribution is -2.16. The average Bonchev–Trinajstić information content (AvgIpc) is 2.44. The molecule has 0 saturated carbocycles. The number of nitrogens with zero attached hydrogens (tertiary/aromatic N) is 2. The number of rotatable bonds is 5. The van der Waals surface area contributed by atoms with E-state index in [9.17, 15) is 4.79 Å². The molecule has 0 aliphatic rings. The number of hydrogen-bond donors (Lipinski definition) is 1. The van der Waals surface area contributed by atoms with Gasteiger partial charge < -0.3 is 10.1 Å². The second kappa shape index (κ2) is 6.32. The molecule has 0 fully saturated rings. The number of nitrogens with one attached hydrogen (secondary N) is 1. The highest BCUT2D eigenvalue weighted by molar-refractivity contribution is 6.03. The van der Waals surface area contributed by atoms with Crippen LogP contribution in [0, 0.1) is 5.92 Å². The molecule has 0 amide bonds. The summed E-state index contributed by atoms with van der Waals surface area (Å²) in [5.41, 5.74) is 1.70. The molecular weight excluding hydrogens is 254 g/mol. The maximum absolute atomic E-state index is 12.0. The van der Waals surface area contributed by atoms with Crippen molar-refractivity contribution in [3.05, 3.63) is 30.0 Å². The predicted molar refractivity (Wildman–Crippen MR) is 78.8 cm³/mol. The van der Waals surface area contributed by atoms with Crippen LogP contribution < -0.4 is 5.32 Å². The number of benzene rings is 1. The number of esters is 1. The molecule has 0 atom stereocenters. The van der Waals surface area contributed by atoms with E-state index in [2.05, 4.69) is 29.4 Å². The van der Waals surface area contributed by atoms with Gasteiger partial charge >= 0.3 is 5.97 Å². The third-order valence-corrected chi connectivity index (χ3v) is 2.82. The lowest BCUT2D eigenvalue weighted by atomic mass is 10.1. The molecule has 1 aromatic heterocycles. The Morgan fingerprint density at radius 1 is 1.30 bits per heavy atom. The lowest BCUT2D eigenvalue weighted by Gasteiger charge is -2.14. The Morgan fingerprint density at radius 3 is 2.75 bits per heavy atom. The monoisotopic (exact) mass is 273 g/mol. The Hall–Kier alpha value is -2.17. The van der Waals surface area contributed by atoms with E-state index in [0.29, 0.717) is 18.2 Å². The van der Waals surface area contributed by atoms with Gasteiger partial charge in [-0.25, -0.2) is 4.79 Å². The van der Waals surface area contributed by atoms with Crippen LogP contribution in [0.3, 0.4) is 0 Å². The van der Waals surface area contributed by atoms with E-state index in [1.807, 2.05) is 24.3 Å². The zero-order valence-corrected chi connectivity index (χ0v) is 12.0. The number of carbonyl (C=O) groups excluding carboxylic acids is 1. The minimum absolute atomic E-state index is 0.242. The average molecular weight is 273 g/mol. The summed E-state index contributed by atoms with van der Waals surface area (Å²) in [5, 5.41) is 12.3. The van der Waals surface area contributed by atoms with Crippen LogP contribution in [0.2, 0.25) is 0 Å². The van der Waals surface area contributed by atoms with Crippen molar-refractivity contribution in [2.24, 2.45) is 5.92 Å². The van der Waals surface area contributed by atoms with E-state index in [0.717, 1.165) is 17.4 Å². The highest BCUT2D eigenvalue weighted by Gasteiger charge is 2.18. The van der Waals surface area contributed by atoms with Crippen LogP contribution in [0.25, 0.3) is 10.9 Å². The second-order valence-corrected chi connectivity index (χ2v) is 4.94. The third-order valence-electron chi connectivity index (χ3n) is 2.82. The molecule has 0 bridgehead atoms. The molecule has 0 aliphatic carbocycles. The minimum Gasteiger partial charge on any atom is -0.461 e. The zero-order chi connectivity index (χ0) is 14.5. The van der Waals surface area contributed by atoms with Crippen LogP contribution in [0.15, 0.2) is 24.3 Å². The first kappa shape index (κ1) is 14.2. The Kier molecular flexibility index (Phi) is 4.50. The smallest absolute Gasteiger partial charge is 0.361 e. The van der Waals surface area contributed by atoms with Gasteiger partial charge in [0.25, 0.3) is 0 Å². The number of anilines is 1. The van der Waals surface area contributed by atoms with Crippen LogP contribution in [0.4, 0.5) is 5.69 Å². The van der Waals surface area contributed by atoms with Crippen LogP contribution >= 0.6 is 0 Å². The standard InChI is InChI=1S/C15H19N3O2/c1-4-20-15(19)14-13(16-9-10(2)3)11-7-5-6-8-12(11)17-18-14/h5-8,10H,4,9H2,1-3H3,(H,16,17). The Morgan fingerprint density at radius 2 is 2.05 bits per heavy atom. The van der Waals surface area contributed by atoms with Crippen LogP contribution in [-0.4, -0.2) is 29.3 Å². The fourth-order valence-corrected chi connectivity index (χ4v) is 1.88. The van der Waals surface area contributed by atoms with Crippen LogP contribution in [0.5, 0.6) is 0 Å². The van der Waals surface area contributed by atoms with E-state index in [4.69, 9.17) is 4.74 Å². The molecule has 106 valence electrons. The Balaban J connectivity index is 2.49. The van der Waals surface area contributed by atoms with Gasteiger partial charge in [0.2, 0.25) is 0 Å². The van der Waals surface area contributed by atoms with Crippen molar-refractivity contribution in [3.8, 4) is 0 Å². The summed E-state index contributed by atoms with van der Waals surface area (Å²) in [7, 11) is 0. The summed E-state index contributed by atoms with van der Waals surface area (Å²) in [6.07, 6.45) is 0. The lowest BCUT2D eigenvalue weighted by molar-refractivity contribution is 0.0519. The summed E-state index contributed by atoms with van der Waals surface area (Å²) >= 11 is 0. The van der Waals surface area contributed by atoms with E-state index in [1.165, 1.54) is 0 Å². The summed E-state index contributed by atoms with van der Waals surface area (Å²) < 4.78 is 5.04. The van der Waals surface area contributed by atoms with E-state index >= 15 is 0 Å². The first-order valence-electron chi connectivity index (χ1n) is 6.80. The van der Waals surface area contributed by atoms with Crippen molar-refractivity contribution in [3.63, 3.8) is 0 Å². The normalized spacial score (nSPS) is 10.8. The number of ether oxygens (including phenoxy) is 1. The van der Waals surface area contributed by atoms with Crippen molar-refractivity contribution in [1.82, 2.24) is 10.2 Å². The summed E-state index contributed by atoms with van der Waals surface area (Å²) in [4.78, 5) is 12.0. The number of aromatic nitrogens is 2. The molecule has 0 radical (unpaired) electrons. The van der Waals surface area contributed by atoms with Gasteiger partial charge in [0, 0.05) is 11.9 Å². The van der Waals surface area contributed by atoms with E-state index in [1.54, 1.807) is 6.92 Å². The van der Waals surface area contributed by atoms with Gasteiger partial charge in [0.1, 0.15) is 0 Å². The van der Waals surface area contributed by atoms with Crippen LogP contribution in [0.1, 0.15) is 31.3 Å². The fraction of sp³-hybridized carbons (Fsp3) is 0.400. The van der Waals surface area contributed by atoms with Gasteiger partial charge in [-0.05, 0) is 18.9 Å². The second-order valence-electron chi connectivity index (χ2n) is 4.94. The molecule has 1 N–H and O–H groups in total. The predicted octanol–water partition coefficient (Wildman–Crippen LogP) is 2.87. The van der Waals surface area contributed by atoms with E-state index < -0.39 is 5.97 Å². The maximum Gasteiger partial charge on any atom is 0.361 e. The van der Waals surface area contributed by atoms with Crippen molar-refractivity contribution in [1.29, 1.82) is 0 Å². The highest BCUT2D eigenvalue weighted by atomic mass is 16.5. The highest BCUT2D eigenvalue weighted by Crippen LogP contribution is 2.25. The molecule has 1 heterocycles. The molecule has 5 nitrogen and oxygen atoms in total. The van der Waals surface area contributed by atoms with Gasteiger partial charge in [-0.2, -0.15) is 0 Å². The first-order valence-corrected chi connectivity index (χ1v) is 6.80. The minimum atomic E-state index is -0.447. The fourth-order valence-electron chi connectivity index (χ4n) is 1.88. The summed E-state index contributed by atoms with van der Waals surface area (Å²) in [5.74, 6) is 0.00832. The summed E-state index contributed by atoms with van der Waals surface area (Å²) in [6.45, 7) is 7.05. The topological polar surface area (TPSA) is 64.1 Å². The van der Waals surface area contributed by atoms with Crippen molar-refractivity contribution >= 4 is 22.6 Å². The van der Waals surface area contributed by atoms with E-state index in [-0.39, 0.29) is 5.69 Å². The molecule has 1 aromatic carbocycles. The van der Waals surface area contributed by atoms with Gasteiger partial charge in [-0.15, -0.1) is 10.2 Å². The maximum atomic E-state index is 12.0. The summed E-state index contributed by atoms with van der Waals surface area (Å²) in [6, 6.07) is 7.61. The molecule has 0 unspecified atom stereocenters. The molecule has 0 saturated heterocycles. The quantitative estimate of drug-likeness (QED) is 0.849. The molecule has 20 heavy (non-hydrogen) atoms. The number of fused-ring (bicyclic) bond motifs is 1. The SMILES string of the molecule is CCOC(=O)c1nnc2ccccc2c1NCC(C)C. The number of carbonyl (C=O) groups is 1. The molecule has 0 aliphatic heterocycles. The molecule has 2 rings (SSSR count). The van der Waals surface area contributed by atoms with Crippen molar-refractivity contribution < 1.29 is 9.53 Å². The largest absolute Gasteiger partial charge is 0.461 e. The number of hydrogen-bond acceptors (Lipinski definition) is 5. The molecule has 0 spiro atoms. The Labute approximate surface area is 118 Å².